The SMILES string of the molecule is Cc1nccn1-c1ccc(N2CCN(C(=O)c3ccc(F)cc3Cl)CC2)nn1. The molecule has 1 saturated heterocycles. The van der Waals surface area contributed by atoms with E-state index in [-0.39, 0.29) is 10.9 Å². The van der Waals surface area contributed by atoms with E-state index >= 15 is 0 Å². The average molecular weight is 401 g/mol. The van der Waals surface area contributed by atoms with E-state index in [1.165, 1.54) is 12.1 Å². The number of imidazole rings is 1. The summed E-state index contributed by atoms with van der Waals surface area (Å²) in [5, 5.41) is 8.72. The molecule has 1 aliphatic rings. The van der Waals surface area contributed by atoms with Crippen LogP contribution in [0, 0.1) is 12.7 Å². The maximum absolute atomic E-state index is 13.2. The normalized spacial score (nSPS) is 14.4. The summed E-state index contributed by atoms with van der Waals surface area (Å²) < 4.78 is 15.1. The predicted molar refractivity (Wildman–Crippen MR) is 103 cm³/mol. The number of aryl methyl sites for hydroxylation is 1. The minimum atomic E-state index is -0.459. The number of benzene rings is 1. The summed E-state index contributed by atoms with van der Waals surface area (Å²) in [6, 6.07) is 7.64. The smallest absolute Gasteiger partial charge is 0.255 e. The first kappa shape index (κ1) is 18.4. The number of piperazine rings is 1. The minimum Gasteiger partial charge on any atom is -0.352 e. The van der Waals surface area contributed by atoms with Crippen LogP contribution in [-0.4, -0.2) is 56.7 Å². The van der Waals surface area contributed by atoms with Gasteiger partial charge in [-0.25, -0.2) is 9.37 Å². The summed E-state index contributed by atoms with van der Waals surface area (Å²) in [7, 11) is 0. The monoisotopic (exact) mass is 400 g/mol. The lowest BCUT2D eigenvalue weighted by Gasteiger charge is -2.35. The van der Waals surface area contributed by atoms with Crippen molar-refractivity contribution in [1.82, 2.24) is 24.6 Å². The Hall–Kier alpha value is -3.00. The summed E-state index contributed by atoms with van der Waals surface area (Å²) in [5.41, 5.74) is 0.316. The van der Waals surface area contributed by atoms with Gasteiger partial charge in [0.15, 0.2) is 11.6 Å². The van der Waals surface area contributed by atoms with Gasteiger partial charge < -0.3 is 9.80 Å². The standard InChI is InChI=1S/C19H18ClFN6O/c1-13-22-6-7-27(13)18-5-4-17(23-24-18)25-8-10-26(11-9-25)19(28)15-3-2-14(21)12-16(15)20/h2-7,12H,8-11H2,1H3. The second-order valence-corrected chi connectivity index (χ2v) is 6.90. The van der Waals surface area contributed by atoms with Crippen molar-refractivity contribution in [3.63, 3.8) is 0 Å². The second-order valence-electron chi connectivity index (χ2n) is 6.50. The number of hydrogen-bond donors (Lipinski definition) is 0. The molecule has 0 bridgehead atoms. The highest BCUT2D eigenvalue weighted by atomic mass is 35.5. The Labute approximate surface area is 166 Å². The maximum atomic E-state index is 13.2. The van der Waals surface area contributed by atoms with Gasteiger partial charge in [-0.1, -0.05) is 11.6 Å². The molecule has 0 spiro atoms. The number of carbonyl (C=O) groups excluding carboxylic acids is 1. The van der Waals surface area contributed by atoms with Gasteiger partial charge in [0, 0.05) is 38.6 Å². The van der Waals surface area contributed by atoms with Crippen LogP contribution in [-0.2, 0) is 0 Å². The van der Waals surface area contributed by atoms with Crippen LogP contribution in [0.2, 0.25) is 5.02 Å². The fourth-order valence-corrected chi connectivity index (χ4v) is 3.46. The third-order valence-electron chi connectivity index (χ3n) is 4.76. The van der Waals surface area contributed by atoms with Crippen molar-refractivity contribution in [3.8, 4) is 5.82 Å². The Morgan fingerprint density at radius 3 is 2.39 bits per heavy atom. The van der Waals surface area contributed by atoms with Crippen molar-refractivity contribution < 1.29 is 9.18 Å². The van der Waals surface area contributed by atoms with Gasteiger partial charge in [-0.15, -0.1) is 10.2 Å². The molecule has 4 rings (SSSR count). The number of nitrogens with zero attached hydrogens (tertiary/aromatic N) is 6. The van der Waals surface area contributed by atoms with Crippen molar-refractivity contribution >= 4 is 23.3 Å². The van der Waals surface area contributed by atoms with Crippen LogP contribution >= 0.6 is 11.6 Å². The van der Waals surface area contributed by atoms with Crippen LogP contribution in [0.3, 0.4) is 0 Å². The lowest BCUT2D eigenvalue weighted by atomic mass is 10.1. The molecule has 0 radical (unpaired) electrons. The van der Waals surface area contributed by atoms with Crippen LogP contribution < -0.4 is 4.90 Å². The first-order chi connectivity index (χ1) is 13.5. The molecular formula is C19H18ClFN6O. The van der Waals surface area contributed by atoms with Crippen molar-refractivity contribution in [3.05, 3.63) is 65.0 Å². The molecule has 0 unspecified atom stereocenters. The number of hydrogen-bond acceptors (Lipinski definition) is 5. The quantitative estimate of drug-likeness (QED) is 0.676. The average Bonchev–Trinajstić information content (AvgIpc) is 3.14. The van der Waals surface area contributed by atoms with Gasteiger partial charge in [0.1, 0.15) is 11.6 Å². The Morgan fingerprint density at radius 1 is 1.07 bits per heavy atom. The zero-order valence-corrected chi connectivity index (χ0v) is 16.0. The van der Waals surface area contributed by atoms with E-state index in [2.05, 4.69) is 20.1 Å². The van der Waals surface area contributed by atoms with E-state index in [0.29, 0.717) is 37.6 Å². The molecule has 3 heterocycles. The van der Waals surface area contributed by atoms with Gasteiger partial charge in [-0.2, -0.15) is 0 Å². The van der Waals surface area contributed by atoms with Crippen LogP contribution in [0.4, 0.5) is 10.2 Å². The van der Waals surface area contributed by atoms with Gasteiger partial charge in [-0.3, -0.25) is 9.36 Å². The predicted octanol–water partition coefficient (Wildman–Crippen LogP) is 2.73. The Morgan fingerprint density at radius 2 is 1.79 bits per heavy atom. The highest BCUT2D eigenvalue weighted by molar-refractivity contribution is 6.33. The first-order valence-corrected chi connectivity index (χ1v) is 9.24. The maximum Gasteiger partial charge on any atom is 0.255 e. The van der Waals surface area contributed by atoms with Gasteiger partial charge in [-0.05, 0) is 37.3 Å². The zero-order chi connectivity index (χ0) is 19.7. The molecule has 1 aliphatic heterocycles. The third-order valence-corrected chi connectivity index (χ3v) is 5.07. The van der Waals surface area contributed by atoms with Crippen LogP contribution in [0.1, 0.15) is 16.2 Å². The van der Waals surface area contributed by atoms with E-state index in [4.69, 9.17) is 11.6 Å². The highest BCUT2D eigenvalue weighted by Crippen LogP contribution is 2.21. The molecule has 0 saturated carbocycles. The topological polar surface area (TPSA) is 67.2 Å². The number of aromatic nitrogens is 4. The molecule has 1 fully saturated rings. The molecule has 144 valence electrons. The Balaban J connectivity index is 1.41. The summed E-state index contributed by atoms with van der Waals surface area (Å²) in [5.74, 6) is 1.65. The van der Waals surface area contributed by atoms with E-state index in [1.807, 2.05) is 29.8 Å². The number of amides is 1. The van der Waals surface area contributed by atoms with E-state index < -0.39 is 5.82 Å². The molecule has 2 aromatic heterocycles. The van der Waals surface area contributed by atoms with E-state index in [9.17, 15) is 9.18 Å². The fourth-order valence-electron chi connectivity index (χ4n) is 3.21. The zero-order valence-electron chi connectivity index (χ0n) is 15.2. The fraction of sp³-hybridized carbons (Fsp3) is 0.263. The number of carbonyl (C=O) groups is 1. The molecule has 0 atom stereocenters. The Bertz CT molecular complexity index is 998. The van der Waals surface area contributed by atoms with Gasteiger partial charge in [0.05, 0.1) is 10.6 Å². The Kier molecular flexibility index (Phi) is 4.95. The number of halogens is 2. The van der Waals surface area contributed by atoms with Crippen LogP contribution in [0.15, 0.2) is 42.7 Å². The number of anilines is 1. The second kappa shape index (κ2) is 7.55. The number of rotatable bonds is 3. The summed E-state index contributed by atoms with van der Waals surface area (Å²) >= 11 is 6.01. The lowest BCUT2D eigenvalue weighted by molar-refractivity contribution is 0.0746. The van der Waals surface area contributed by atoms with Crippen LogP contribution in [0.25, 0.3) is 5.82 Å². The summed E-state index contributed by atoms with van der Waals surface area (Å²) in [6.45, 7) is 4.21. The van der Waals surface area contributed by atoms with E-state index in [0.717, 1.165) is 17.7 Å². The molecule has 3 aromatic rings. The van der Waals surface area contributed by atoms with Gasteiger partial charge in [0.25, 0.3) is 5.91 Å². The molecule has 1 amide bonds. The largest absolute Gasteiger partial charge is 0.352 e. The summed E-state index contributed by atoms with van der Waals surface area (Å²) in [6.07, 6.45) is 3.55. The molecule has 0 N–H and O–H groups in total. The van der Waals surface area contributed by atoms with Crippen molar-refractivity contribution in [2.75, 3.05) is 31.1 Å². The van der Waals surface area contributed by atoms with Crippen molar-refractivity contribution in [2.24, 2.45) is 0 Å². The molecule has 7 nitrogen and oxygen atoms in total. The van der Waals surface area contributed by atoms with Crippen molar-refractivity contribution in [1.29, 1.82) is 0 Å². The van der Waals surface area contributed by atoms with Gasteiger partial charge >= 0.3 is 0 Å². The highest BCUT2D eigenvalue weighted by Gasteiger charge is 2.24. The molecule has 1 aromatic carbocycles. The third kappa shape index (κ3) is 3.55. The minimum absolute atomic E-state index is 0.128. The molecule has 0 aliphatic carbocycles. The van der Waals surface area contributed by atoms with E-state index in [1.54, 1.807) is 11.1 Å². The summed E-state index contributed by atoms with van der Waals surface area (Å²) in [4.78, 5) is 20.6. The molecule has 9 heteroatoms. The molecular weight excluding hydrogens is 383 g/mol. The molecule has 28 heavy (non-hydrogen) atoms. The lowest BCUT2D eigenvalue weighted by Crippen LogP contribution is -2.49. The van der Waals surface area contributed by atoms with Crippen LogP contribution in [0.5, 0.6) is 0 Å². The first-order valence-electron chi connectivity index (χ1n) is 8.86. The van der Waals surface area contributed by atoms with Gasteiger partial charge in [0.2, 0.25) is 0 Å². The van der Waals surface area contributed by atoms with Crippen molar-refractivity contribution in [2.45, 2.75) is 6.92 Å².